The van der Waals surface area contributed by atoms with E-state index in [1.165, 1.54) is 24.8 Å². The molecule has 2 unspecified atom stereocenters. The minimum absolute atomic E-state index is 0.245. The lowest BCUT2D eigenvalue weighted by Crippen LogP contribution is -2.38. The van der Waals surface area contributed by atoms with Crippen molar-refractivity contribution < 1.29 is 4.74 Å². The van der Waals surface area contributed by atoms with Crippen molar-refractivity contribution in [3.05, 3.63) is 34.9 Å². The molecule has 0 spiro atoms. The smallest absolute Gasteiger partial charge is 0.0953 e. The summed E-state index contributed by atoms with van der Waals surface area (Å²) in [5.74, 6) is 0. The summed E-state index contributed by atoms with van der Waals surface area (Å²) < 4.78 is 5.97. The van der Waals surface area contributed by atoms with Crippen molar-refractivity contribution in [3.8, 4) is 0 Å². The first-order valence-corrected chi connectivity index (χ1v) is 6.31. The van der Waals surface area contributed by atoms with E-state index in [0.717, 1.165) is 13.1 Å². The van der Waals surface area contributed by atoms with Gasteiger partial charge in [0.1, 0.15) is 0 Å². The summed E-state index contributed by atoms with van der Waals surface area (Å²) in [6.45, 7) is 4.05. The van der Waals surface area contributed by atoms with Crippen LogP contribution in [0, 0.1) is 0 Å². The first kappa shape index (κ1) is 10.3. The van der Waals surface area contributed by atoms with Gasteiger partial charge in [0.2, 0.25) is 0 Å². The van der Waals surface area contributed by atoms with Crippen LogP contribution in [0.3, 0.4) is 0 Å². The molecule has 0 radical (unpaired) electrons. The molecule has 1 aromatic carbocycles. The zero-order chi connectivity index (χ0) is 11.0. The van der Waals surface area contributed by atoms with E-state index in [9.17, 15) is 0 Å². The van der Waals surface area contributed by atoms with Crippen LogP contribution in [0.2, 0.25) is 0 Å². The second kappa shape index (κ2) is 4.19. The maximum atomic E-state index is 5.97. The van der Waals surface area contributed by atoms with Gasteiger partial charge < -0.3 is 10.1 Å². The van der Waals surface area contributed by atoms with Gasteiger partial charge in [-0.15, -0.1) is 0 Å². The lowest BCUT2D eigenvalue weighted by molar-refractivity contribution is -0.0287. The Kier molecular flexibility index (Phi) is 2.70. The monoisotopic (exact) mass is 217 g/mol. The molecule has 0 aromatic heterocycles. The fourth-order valence-electron chi connectivity index (χ4n) is 2.78. The Labute approximate surface area is 97.0 Å². The highest BCUT2D eigenvalue weighted by Gasteiger charge is 2.21. The molecule has 0 saturated carbocycles. The van der Waals surface area contributed by atoms with Crippen molar-refractivity contribution in [2.45, 2.75) is 38.4 Å². The lowest BCUT2D eigenvalue weighted by Gasteiger charge is -2.29. The number of morpholine rings is 1. The highest BCUT2D eigenvalue weighted by atomic mass is 16.5. The van der Waals surface area contributed by atoms with E-state index in [0.29, 0.717) is 6.10 Å². The molecule has 16 heavy (non-hydrogen) atoms. The Hall–Kier alpha value is -0.860. The van der Waals surface area contributed by atoms with Gasteiger partial charge in [-0.25, -0.2) is 0 Å². The standard InChI is InChI=1S/C14H19NO/c1-10-8-15-9-14(16-10)13-6-5-11-3-2-4-12(11)7-13/h5-7,10,14-15H,2-4,8-9H2,1H3. The molecule has 2 aliphatic rings. The van der Waals surface area contributed by atoms with E-state index in [2.05, 4.69) is 30.4 Å². The first-order chi connectivity index (χ1) is 7.83. The van der Waals surface area contributed by atoms with Gasteiger partial charge in [0.15, 0.2) is 0 Å². The summed E-state index contributed by atoms with van der Waals surface area (Å²) in [5, 5.41) is 3.43. The number of hydrogen-bond donors (Lipinski definition) is 1. The second-order valence-corrected chi connectivity index (χ2v) is 4.98. The number of nitrogens with one attached hydrogen (secondary N) is 1. The Bertz CT molecular complexity index is 388. The zero-order valence-corrected chi connectivity index (χ0v) is 9.83. The fourth-order valence-corrected chi connectivity index (χ4v) is 2.78. The van der Waals surface area contributed by atoms with Crippen LogP contribution in [0.4, 0.5) is 0 Å². The van der Waals surface area contributed by atoms with Crippen molar-refractivity contribution >= 4 is 0 Å². The molecule has 1 heterocycles. The fraction of sp³-hybridized carbons (Fsp3) is 0.571. The Balaban J connectivity index is 1.83. The normalized spacial score (nSPS) is 29.1. The predicted molar refractivity (Wildman–Crippen MR) is 64.6 cm³/mol. The van der Waals surface area contributed by atoms with Crippen LogP contribution in [-0.2, 0) is 17.6 Å². The zero-order valence-electron chi connectivity index (χ0n) is 9.83. The summed E-state index contributed by atoms with van der Waals surface area (Å²) in [5.41, 5.74) is 4.43. The predicted octanol–water partition coefficient (Wildman–Crippen LogP) is 2.22. The molecule has 86 valence electrons. The van der Waals surface area contributed by atoms with Crippen molar-refractivity contribution in [2.24, 2.45) is 0 Å². The van der Waals surface area contributed by atoms with Crippen LogP contribution in [0.1, 0.15) is 36.1 Å². The molecular formula is C14H19NO. The second-order valence-electron chi connectivity index (χ2n) is 4.98. The molecule has 0 bridgehead atoms. The molecule has 1 saturated heterocycles. The van der Waals surface area contributed by atoms with E-state index in [-0.39, 0.29) is 6.10 Å². The van der Waals surface area contributed by atoms with Crippen molar-refractivity contribution in [1.29, 1.82) is 0 Å². The maximum absolute atomic E-state index is 5.97. The van der Waals surface area contributed by atoms with Gasteiger partial charge in [0, 0.05) is 13.1 Å². The van der Waals surface area contributed by atoms with Crippen molar-refractivity contribution in [2.75, 3.05) is 13.1 Å². The third kappa shape index (κ3) is 1.87. The number of ether oxygens (including phenoxy) is 1. The van der Waals surface area contributed by atoms with E-state index in [4.69, 9.17) is 4.74 Å². The molecule has 2 nitrogen and oxygen atoms in total. The van der Waals surface area contributed by atoms with E-state index < -0.39 is 0 Å². The topological polar surface area (TPSA) is 21.3 Å². The molecule has 1 aliphatic carbocycles. The van der Waals surface area contributed by atoms with Crippen LogP contribution >= 0.6 is 0 Å². The Morgan fingerprint density at radius 2 is 2.06 bits per heavy atom. The average Bonchev–Trinajstić information content (AvgIpc) is 2.75. The molecule has 1 aromatic rings. The Morgan fingerprint density at radius 1 is 1.19 bits per heavy atom. The summed E-state index contributed by atoms with van der Waals surface area (Å²) in [6.07, 6.45) is 4.40. The maximum Gasteiger partial charge on any atom is 0.0953 e. The largest absolute Gasteiger partial charge is 0.368 e. The van der Waals surface area contributed by atoms with Gasteiger partial charge in [0.25, 0.3) is 0 Å². The third-order valence-corrected chi connectivity index (χ3v) is 3.65. The van der Waals surface area contributed by atoms with Crippen LogP contribution in [0.15, 0.2) is 18.2 Å². The molecule has 2 heteroatoms. The summed E-state index contributed by atoms with van der Waals surface area (Å²) in [7, 11) is 0. The number of benzene rings is 1. The SMILES string of the molecule is CC1CNCC(c2ccc3c(c2)CCC3)O1. The van der Waals surface area contributed by atoms with E-state index in [1.807, 2.05) is 0 Å². The molecule has 1 N–H and O–H groups in total. The molecule has 2 atom stereocenters. The summed E-state index contributed by atoms with van der Waals surface area (Å²) in [4.78, 5) is 0. The van der Waals surface area contributed by atoms with Crippen LogP contribution in [0.25, 0.3) is 0 Å². The molecule has 1 fully saturated rings. The lowest BCUT2D eigenvalue weighted by atomic mass is 10.0. The van der Waals surface area contributed by atoms with Gasteiger partial charge in [-0.2, -0.15) is 0 Å². The number of hydrogen-bond acceptors (Lipinski definition) is 2. The van der Waals surface area contributed by atoms with E-state index in [1.54, 1.807) is 11.1 Å². The van der Waals surface area contributed by atoms with E-state index >= 15 is 0 Å². The summed E-state index contributed by atoms with van der Waals surface area (Å²) >= 11 is 0. The molecule has 3 rings (SSSR count). The minimum atomic E-state index is 0.245. The van der Waals surface area contributed by atoms with Gasteiger partial charge in [0.05, 0.1) is 12.2 Å². The van der Waals surface area contributed by atoms with Crippen molar-refractivity contribution in [1.82, 2.24) is 5.32 Å². The van der Waals surface area contributed by atoms with Gasteiger partial charge in [-0.3, -0.25) is 0 Å². The van der Waals surface area contributed by atoms with Gasteiger partial charge in [-0.1, -0.05) is 18.2 Å². The highest BCUT2D eigenvalue weighted by molar-refractivity contribution is 5.36. The van der Waals surface area contributed by atoms with Gasteiger partial charge in [-0.05, 0) is 42.9 Å². The Morgan fingerprint density at radius 3 is 2.94 bits per heavy atom. The third-order valence-electron chi connectivity index (χ3n) is 3.65. The van der Waals surface area contributed by atoms with Crippen LogP contribution in [-0.4, -0.2) is 19.2 Å². The number of rotatable bonds is 1. The minimum Gasteiger partial charge on any atom is -0.368 e. The van der Waals surface area contributed by atoms with Crippen LogP contribution < -0.4 is 5.32 Å². The average molecular weight is 217 g/mol. The quantitative estimate of drug-likeness (QED) is 0.779. The highest BCUT2D eigenvalue weighted by Crippen LogP contribution is 2.28. The molecule has 1 aliphatic heterocycles. The first-order valence-electron chi connectivity index (χ1n) is 6.31. The summed E-state index contributed by atoms with van der Waals surface area (Å²) in [6, 6.07) is 6.89. The van der Waals surface area contributed by atoms with Gasteiger partial charge >= 0.3 is 0 Å². The van der Waals surface area contributed by atoms with Crippen molar-refractivity contribution in [3.63, 3.8) is 0 Å². The molecular weight excluding hydrogens is 198 g/mol. The number of aryl methyl sites for hydroxylation is 2. The van der Waals surface area contributed by atoms with Crippen LogP contribution in [0.5, 0.6) is 0 Å². The molecule has 0 amide bonds. The number of fused-ring (bicyclic) bond motifs is 1.